The van der Waals surface area contributed by atoms with E-state index in [1.165, 1.54) is 11.3 Å². The van der Waals surface area contributed by atoms with Gasteiger partial charge in [0.2, 0.25) is 5.91 Å². The summed E-state index contributed by atoms with van der Waals surface area (Å²) in [5, 5.41) is 8.90. The van der Waals surface area contributed by atoms with Crippen LogP contribution in [0.1, 0.15) is 24.8 Å². The molecule has 0 fully saturated rings. The minimum Gasteiger partial charge on any atom is -0.489 e. The van der Waals surface area contributed by atoms with Crippen molar-refractivity contribution in [3.05, 3.63) is 84.4 Å². The SMILES string of the molecule is NCCCC[C@H](NC(=O)Nc1ccc(OCc2ccccc2)cc1)C(=O)Nc1nc2ccccc2s1. The molecule has 0 saturated carbocycles. The zero-order chi connectivity index (χ0) is 25.2. The number of carbonyl (C=O) groups is 2. The predicted molar refractivity (Wildman–Crippen MR) is 144 cm³/mol. The van der Waals surface area contributed by atoms with E-state index in [9.17, 15) is 9.59 Å². The molecule has 1 heterocycles. The van der Waals surface area contributed by atoms with Crippen molar-refractivity contribution >= 4 is 44.3 Å². The Bertz CT molecular complexity index is 1240. The zero-order valence-corrected chi connectivity index (χ0v) is 20.6. The van der Waals surface area contributed by atoms with Crippen LogP contribution in [0.4, 0.5) is 15.6 Å². The summed E-state index contributed by atoms with van der Waals surface area (Å²) >= 11 is 1.39. The summed E-state index contributed by atoms with van der Waals surface area (Å²) in [7, 11) is 0. The maximum absolute atomic E-state index is 13.0. The Hall–Kier alpha value is -3.95. The second-order valence-corrected chi connectivity index (χ2v) is 9.24. The van der Waals surface area contributed by atoms with Gasteiger partial charge in [-0.05, 0) is 67.8 Å². The number of nitrogens with one attached hydrogen (secondary N) is 3. The second-order valence-electron chi connectivity index (χ2n) is 8.21. The van der Waals surface area contributed by atoms with Crippen LogP contribution >= 0.6 is 11.3 Å². The molecule has 4 aromatic rings. The van der Waals surface area contributed by atoms with Crippen LogP contribution in [0.15, 0.2) is 78.9 Å². The van der Waals surface area contributed by atoms with E-state index in [1.807, 2.05) is 54.6 Å². The van der Waals surface area contributed by atoms with Gasteiger partial charge in [-0.2, -0.15) is 0 Å². The van der Waals surface area contributed by atoms with Crippen molar-refractivity contribution in [2.75, 3.05) is 17.2 Å². The van der Waals surface area contributed by atoms with Gasteiger partial charge < -0.3 is 26.4 Å². The monoisotopic (exact) mass is 503 g/mol. The van der Waals surface area contributed by atoms with Crippen molar-refractivity contribution in [2.45, 2.75) is 31.9 Å². The van der Waals surface area contributed by atoms with Crippen LogP contribution < -0.4 is 26.4 Å². The molecule has 0 aliphatic heterocycles. The largest absolute Gasteiger partial charge is 0.489 e. The van der Waals surface area contributed by atoms with Gasteiger partial charge in [-0.25, -0.2) is 9.78 Å². The number of para-hydroxylation sites is 1. The third-order valence-electron chi connectivity index (χ3n) is 5.45. The number of benzene rings is 3. The first-order valence-corrected chi connectivity index (χ1v) is 12.6. The van der Waals surface area contributed by atoms with E-state index in [1.54, 1.807) is 24.3 Å². The molecule has 0 aliphatic carbocycles. The average Bonchev–Trinajstić information content (AvgIpc) is 3.30. The standard InChI is InChI=1S/C27H29N5O3S/c28-17-7-6-11-23(25(33)32-27-31-22-10-4-5-12-24(22)36-27)30-26(34)29-20-13-15-21(16-14-20)35-18-19-8-2-1-3-9-19/h1-5,8-10,12-16,23H,6-7,11,17-18,28H2,(H2,29,30,34)(H,31,32,33)/t23-/m0/s1. The number of thiazole rings is 1. The Morgan fingerprint density at radius 1 is 0.917 bits per heavy atom. The van der Waals surface area contributed by atoms with Crippen LogP contribution in [0.3, 0.4) is 0 Å². The third-order valence-corrected chi connectivity index (χ3v) is 6.41. The highest BCUT2D eigenvalue weighted by atomic mass is 32.1. The molecule has 0 saturated heterocycles. The molecule has 186 valence electrons. The van der Waals surface area contributed by atoms with E-state index in [4.69, 9.17) is 10.5 Å². The number of rotatable bonds is 11. The van der Waals surface area contributed by atoms with Crippen molar-refractivity contribution in [1.82, 2.24) is 10.3 Å². The van der Waals surface area contributed by atoms with E-state index < -0.39 is 12.1 Å². The minimum atomic E-state index is -0.725. The number of nitrogens with zero attached hydrogens (tertiary/aromatic N) is 1. The first kappa shape index (κ1) is 25.2. The lowest BCUT2D eigenvalue weighted by Gasteiger charge is -2.18. The van der Waals surface area contributed by atoms with Crippen molar-refractivity contribution in [1.29, 1.82) is 0 Å². The lowest BCUT2D eigenvalue weighted by atomic mass is 10.1. The first-order chi connectivity index (χ1) is 17.6. The molecule has 4 rings (SSSR count). The topological polar surface area (TPSA) is 118 Å². The Morgan fingerprint density at radius 3 is 2.42 bits per heavy atom. The van der Waals surface area contributed by atoms with Gasteiger partial charge in [0.05, 0.1) is 10.2 Å². The van der Waals surface area contributed by atoms with Gasteiger partial charge in [-0.15, -0.1) is 0 Å². The van der Waals surface area contributed by atoms with Crippen molar-refractivity contribution < 1.29 is 14.3 Å². The maximum atomic E-state index is 13.0. The van der Waals surface area contributed by atoms with E-state index in [0.717, 1.165) is 22.2 Å². The number of ether oxygens (including phenoxy) is 1. The van der Waals surface area contributed by atoms with Crippen LogP contribution in [0.25, 0.3) is 10.2 Å². The quantitative estimate of drug-likeness (QED) is 0.212. The molecule has 8 nitrogen and oxygen atoms in total. The molecule has 1 atom stereocenters. The van der Waals surface area contributed by atoms with Gasteiger partial charge in [0.15, 0.2) is 5.13 Å². The first-order valence-electron chi connectivity index (χ1n) is 11.8. The average molecular weight is 504 g/mol. The fourth-order valence-electron chi connectivity index (χ4n) is 3.58. The molecular weight excluding hydrogens is 474 g/mol. The highest BCUT2D eigenvalue weighted by molar-refractivity contribution is 7.22. The number of unbranched alkanes of at least 4 members (excludes halogenated alkanes) is 1. The van der Waals surface area contributed by atoms with Gasteiger partial charge >= 0.3 is 6.03 Å². The van der Waals surface area contributed by atoms with E-state index in [-0.39, 0.29) is 5.91 Å². The zero-order valence-electron chi connectivity index (χ0n) is 19.8. The number of hydrogen-bond donors (Lipinski definition) is 4. The molecular formula is C27H29N5O3S. The maximum Gasteiger partial charge on any atom is 0.319 e. The van der Waals surface area contributed by atoms with Crippen LogP contribution in [0.2, 0.25) is 0 Å². The van der Waals surface area contributed by atoms with Gasteiger partial charge in [0.1, 0.15) is 18.4 Å². The van der Waals surface area contributed by atoms with Crippen LogP contribution in [0, 0.1) is 0 Å². The number of fused-ring (bicyclic) bond motifs is 1. The molecule has 0 bridgehead atoms. The van der Waals surface area contributed by atoms with E-state index >= 15 is 0 Å². The van der Waals surface area contributed by atoms with Gasteiger partial charge in [-0.1, -0.05) is 53.8 Å². The van der Waals surface area contributed by atoms with E-state index in [0.29, 0.717) is 42.6 Å². The molecule has 3 amide bonds. The summed E-state index contributed by atoms with van der Waals surface area (Å²) in [6.07, 6.45) is 1.94. The summed E-state index contributed by atoms with van der Waals surface area (Å²) < 4.78 is 6.77. The molecule has 3 aromatic carbocycles. The lowest BCUT2D eigenvalue weighted by molar-refractivity contribution is -0.118. The van der Waals surface area contributed by atoms with Gasteiger partial charge in [-0.3, -0.25) is 4.79 Å². The van der Waals surface area contributed by atoms with E-state index in [2.05, 4.69) is 20.9 Å². The summed E-state index contributed by atoms with van der Waals surface area (Å²) in [5.41, 5.74) is 8.09. The minimum absolute atomic E-state index is 0.314. The number of urea groups is 1. The molecule has 36 heavy (non-hydrogen) atoms. The van der Waals surface area contributed by atoms with Crippen LogP contribution in [-0.4, -0.2) is 29.5 Å². The molecule has 0 aliphatic rings. The smallest absolute Gasteiger partial charge is 0.319 e. The molecule has 0 unspecified atom stereocenters. The fraction of sp³-hybridized carbons (Fsp3) is 0.222. The Balaban J connectivity index is 1.32. The number of hydrogen-bond acceptors (Lipinski definition) is 6. The molecule has 9 heteroatoms. The second kappa shape index (κ2) is 12.7. The third kappa shape index (κ3) is 7.27. The highest BCUT2D eigenvalue weighted by Gasteiger charge is 2.22. The number of amides is 3. The van der Waals surface area contributed by atoms with Crippen LogP contribution in [-0.2, 0) is 11.4 Å². The van der Waals surface area contributed by atoms with Gasteiger partial charge in [0, 0.05) is 5.69 Å². The summed E-state index contributed by atoms with van der Waals surface area (Å²) in [5.74, 6) is 0.380. The molecule has 5 N–H and O–H groups in total. The summed E-state index contributed by atoms with van der Waals surface area (Å²) in [6.45, 7) is 0.986. The molecule has 1 aromatic heterocycles. The van der Waals surface area contributed by atoms with Crippen molar-refractivity contribution in [3.63, 3.8) is 0 Å². The molecule has 0 spiro atoms. The van der Waals surface area contributed by atoms with Crippen molar-refractivity contribution in [2.24, 2.45) is 5.73 Å². The lowest BCUT2D eigenvalue weighted by Crippen LogP contribution is -2.45. The predicted octanol–water partition coefficient (Wildman–Crippen LogP) is 5.13. The highest BCUT2D eigenvalue weighted by Crippen LogP contribution is 2.25. The number of aromatic nitrogens is 1. The van der Waals surface area contributed by atoms with Crippen LogP contribution in [0.5, 0.6) is 5.75 Å². The Kier molecular flexibility index (Phi) is 8.85. The normalized spacial score (nSPS) is 11.6. The van der Waals surface area contributed by atoms with Crippen molar-refractivity contribution in [3.8, 4) is 5.75 Å². The number of carbonyl (C=O) groups excluding carboxylic acids is 2. The summed E-state index contributed by atoms with van der Waals surface area (Å²) in [6, 6.07) is 23.4. The van der Waals surface area contributed by atoms with Gasteiger partial charge in [0.25, 0.3) is 0 Å². The fourth-order valence-corrected chi connectivity index (χ4v) is 4.45. The Labute approximate surface area is 213 Å². The Morgan fingerprint density at radius 2 is 1.67 bits per heavy atom. The molecule has 0 radical (unpaired) electrons. The number of anilines is 2. The number of nitrogens with two attached hydrogens (primary N) is 1. The summed E-state index contributed by atoms with van der Waals surface area (Å²) in [4.78, 5) is 30.1.